The Labute approximate surface area is 234 Å². The number of hydrogen-bond donors (Lipinski definition) is 0. The number of oxazole rings is 1. The van der Waals surface area contributed by atoms with Crippen LogP contribution in [-0.2, 0) is 16.9 Å². The fourth-order valence-electron chi connectivity index (χ4n) is 5.46. The first-order valence-corrected chi connectivity index (χ1v) is 15.4. The molecular weight excluding hydrogens is 522 g/mol. The van der Waals surface area contributed by atoms with E-state index in [9.17, 15) is 8.42 Å². The molecule has 3 aromatic carbocycles. The molecule has 5 aromatic rings. The van der Waals surface area contributed by atoms with Crippen LogP contribution in [0.1, 0.15) is 13.8 Å². The van der Waals surface area contributed by atoms with E-state index < -0.39 is 9.84 Å². The minimum absolute atomic E-state index is 0.282. The zero-order chi connectivity index (χ0) is 28.0. The van der Waals surface area contributed by atoms with Crippen molar-refractivity contribution in [3.8, 4) is 33.8 Å². The monoisotopic (exact) mass is 555 g/mol. The van der Waals surface area contributed by atoms with E-state index in [-0.39, 0.29) is 4.90 Å². The molecule has 2 aromatic heterocycles. The maximum Gasteiger partial charge on any atom is 0.181 e. The summed E-state index contributed by atoms with van der Waals surface area (Å²) in [5.74, 6) is 1.38. The van der Waals surface area contributed by atoms with Crippen LogP contribution in [0.5, 0.6) is 0 Å². The van der Waals surface area contributed by atoms with Gasteiger partial charge in [0.25, 0.3) is 0 Å². The van der Waals surface area contributed by atoms with Gasteiger partial charge in [0.05, 0.1) is 16.6 Å². The Kier molecular flexibility index (Phi) is 6.72. The van der Waals surface area contributed by atoms with Gasteiger partial charge in [-0.05, 0) is 73.5 Å². The molecule has 0 atom stereocenters. The van der Waals surface area contributed by atoms with Crippen LogP contribution in [0.4, 0.5) is 5.69 Å². The Morgan fingerprint density at radius 2 is 1.55 bits per heavy atom. The first kappa shape index (κ1) is 26.3. The molecule has 1 fully saturated rings. The molecule has 0 amide bonds. The van der Waals surface area contributed by atoms with Gasteiger partial charge in [-0.3, -0.25) is 4.90 Å². The lowest BCUT2D eigenvalue weighted by Gasteiger charge is -2.38. The summed E-state index contributed by atoms with van der Waals surface area (Å²) in [5.41, 5.74) is 6.82. The van der Waals surface area contributed by atoms with E-state index in [1.807, 2.05) is 11.6 Å². The predicted molar refractivity (Wildman–Crippen MR) is 159 cm³/mol. The highest BCUT2D eigenvalue weighted by molar-refractivity contribution is 7.90. The lowest BCUT2D eigenvalue weighted by atomic mass is 10.00. The van der Waals surface area contributed by atoms with Crippen LogP contribution in [-0.4, -0.2) is 66.3 Å². The molecule has 0 radical (unpaired) electrons. The normalized spacial score (nSPS) is 14.9. The summed E-state index contributed by atoms with van der Waals surface area (Å²) < 4.78 is 31.6. The second-order valence-corrected chi connectivity index (χ2v) is 12.7. The molecular formula is C31H33N5O3S. The van der Waals surface area contributed by atoms with Crippen LogP contribution in [0.25, 0.3) is 44.9 Å². The predicted octanol–water partition coefficient (Wildman–Crippen LogP) is 5.50. The van der Waals surface area contributed by atoms with E-state index in [4.69, 9.17) is 9.40 Å². The van der Waals surface area contributed by atoms with Crippen LogP contribution in [0, 0.1) is 0 Å². The average molecular weight is 556 g/mol. The van der Waals surface area contributed by atoms with Crippen molar-refractivity contribution < 1.29 is 12.8 Å². The molecule has 40 heavy (non-hydrogen) atoms. The maximum atomic E-state index is 11.9. The Balaban J connectivity index is 1.38. The SMILES string of the molecule is CC(C)N1CCN(c2ccc(-c3cc(-c4cnco4)c4nc(-c5ccc(S(C)(=O)=O)cc5)n(C)c4c3)cc2)CC1. The first-order valence-electron chi connectivity index (χ1n) is 13.5. The molecule has 1 saturated heterocycles. The molecule has 8 nitrogen and oxygen atoms in total. The van der Waals surface area contributed by atoms with Crippen LogP contribution in [0.2, 0.25) is 0 Å². The summed E-state index contributed by atoms with van der Waals surface area (Å²) in [7, 11) is -1.30. The highest BCUT2D eigenvalue weighted by Crippen LogP contribution is 2.36. The molecule has 1 aliphatic heterocycles. The maximum absolute atomic E-state index is 11.9. The van der Waals surface area contributed by atoms with Crippen molar-refractivity contribution in [3.63, 3.8) is 0 Å². The number of anilines is 1. The number of nitrogens with zero attached hydrogens (tertiary/aromatic N) is 5. The van der Waals surface area contributed by atoms with E-state index in [0.717, 1.165) is 65.3 Å². The smallest absolute Gasteiger partial charge is 0.181 e. The van der Waals surface area contributed by atoms with Gasteiger partial charge < -0.3 is 13.9 Å². The van der Waals surface area contributed by atoms with Gasteiger partial charge in [-0.1, -0.05) is 12.1 Å². The second-order valence-electron chi connectivity index (χ2n) is 10.7. The molecule has 0 aliphatic carbocycles. The third-order valence-corrected chi connectivity index (χ3v) is 8.96. The Morgan fingerprint density at radius 1 is 0.875 bits per heavy atom. The van der Waals surface area contributed by atoms with Crippen LogP contribution >= 0.6 is 0 Å². The summed E-state index contributed by atoms with van der Waals surface area (Å²) >= 11 is 0. The van der Waals surface area contributed by atoms with E-state index >= 15 is 0 Å². The van der Waals surface area contributed by atoms with Crippen molar-refractivity contribution in [3.05, 3.63) is 73.3 Å². The van der Waals surface area contributed by atoms with Crippen molar-refractivity contribution in [2.75, 3.05) is 37.3 Å². The Hall–Kier alpha value is -3.95. The molecule has 0 unspecified atom stereocenters. The van der Waals surface area contributed by atoms with Crippen molar-refractivity contribution >= 4 is 26.6 Å². The van der Waals surface area contributed by atoms with Crippen LogP contribution in [0.15, 0.2) is 82.6 Å². The molecule has 0 spiro atoms. The van der Waals surface area contributed by atoms with Gasteiger partial charge in [-0.15, -0.1) is 0 Å². The highest BCUT2D eigenvalue weighted by Gasteiger charge is 2.21. The summed E-state index contributed by atoms with van der Waals surface area (Å²) in [5, 5.41) is 0. The Morgan fingerprint density at radius 3 is 2.15 bits per heavy atom. The molecule has 9 heteroatoms. The molecule has 206 valence electrons. The molecule has 1 aliphatic rings. The van der Waals surface area contributed by atoms with Gasteiger partial charge in [0.1, 0.15) is 11.3 Å². The van der Waals surface area contributed by atoms with Gasteiger partial charge in [-0.2, -0.15) is 0 Å². The molecule has 0 bridgehead atoms. The average Bonchev–Trinajstić information content (AvgIpc) is 3.61. The number of piperazine rings is 1. The van der Waals surface area contributed by atoms with Crippen molar-refractivity contribution in [1.29, 1.82) is 0 Å². The molecule has 0 saturated carbocycles. The van der Waals surface area contributed by atoms with Crippen molar-refractivity contribution in [2.45, 2.75) is 24.8 Å². The largest absolute Gasteiger partial charge is 0.443 e. The highest BCUT2D eigenvalue weighted by atomic mass is 32.2. The van der Waals surface area contributed by atoms with E-state index in [1.165, 1.54) is 18.3 Å². The van der Waals surface area contributed by atoms with Crippen LogP contribution in [0.3, 0.4) is 0 Å². The van der Waals surface area contributed by atoms with Crippen molar-refractivity contribution in [2.24, 2.45) is 7.05 Å². The number of rotatable bonds is 6. The minimum Gasteiger partial charge on any atom is -0.443 e. The van der Waals surface area contributed by atoms with Gasteiger partial charge in [0, 0.05) is 62.3 Å². The van der Waals surface area contributed by atoms with Gasteiger partial charge >= 0.3 is 0 Å². The number of aromatic nitrogens is 3. The van der Waals surface area contributed by atoms with E-state index in [2.05, 4.69) is 65.0 Å². The minimum atomic E-state index is -3.28. The van der Waals surface area contributed by atoms with Crippen LogP contribution < -0.4 is 4.90 Å². The third-order valence-electron chi connectivity index (χ3n) is 7.84. The number of imidazole rings is 1. The van der Waals surface area contributed by atoms with Crippen molar-refractivity contribution in [1.82, 2.24) is 19.4 Å². The Bertz CT molecular complexity index is 1750. The first-order chi connectivity index (χ1) is 19.2. The number of fused-ring (bicyclic) bond motifs is 1. The zero-order valence-electron chi connectivity index (χ0n) is 23.2. The summed E-state index contributed by atoms with van der Waals surface area (Å²) in [4.78, 5) is 14.4. The number of benzene rings is 3. The standard InChI is InChI=1S/C31H33N5O3S/c1-21(2)35-13-15-36(16-14-35)25-9-5-22(6-10-25)24-17-27(29-19-32-20-39-29)30-28(18-24)34(3)31(33-30)23-7-11-26(12-8-23)40(4,37)38/h5-12,17-21H,13-16H2,1-4H3. The summed E-state index contributed by atoms with van der Waals surface area (Å²) in [6, 6.07) is 20.4. The second kappa shape index (κ2) is 10.2. The fourth-order valence-corrected chi connectivity index (χ4v) is 6.09. The van der Waals surface area contributed by atoms with Gasteiger partial charge in [-0.25, -0.2) is 18.4 Å². The number of sulfone groups is 1. The topological polar surface area (TPSA) is 84.5 Å². The third kappa shape index (κ3) is 4.91. The summed E-state index contributed by atoms with van der Waals surface area (Å²) in [6.07, 6.45) is 4.34. The number of hydrogen-bond acceptors (Lipinski definition) is 7. The zero-order valence-corrected chi connectivity index (χ0v) is 24.0. The van der Waals surface area contributed by atoms with E-state index in [0.29, 0.717) is 11.8 Å². The van der Waals surface area contributed by atoms with Gasteiger partial charge in [0.15, 0.2) is 22.0 Å². The molecule has 3 heterocycles. The quantitative estimate of drug-likeness (QED) is 0.274. The number of aryl methyl sites for hydroxylation is 1. The fraction of sp³-hybridized carbons (Fsp3) is 0.290. The van der Waals surface area contributed by atoms with Gasteiger partial charge in [0.2, 0.25) is 0 Å². The molecule has 6 rings (SSSR count). The molecule has 0 N–H and O–H groups in total. The lowest BCUT2D eigenvalue weighted by molar-refractivity contribution is 0.209. The van der Waals surface area contributed by atoms with E-state index in [1.54, 1.807) is 30.5 Å². The summed E-state index contributed by atoms with van der Waals surface area (Å²) in [6.45, 7) is 8.74. The lowest BCUT2D eigenvalue weighted by Crippen LogP contribution is -2.48.